The Morgan fingerprint density at radius 1 is 1.33 bits per heavy atom. The minimum atomic E-state index is -4.59. The maximum atomic E-state index is 13.4. The highest BCUT2D eigenvalue weighted by atomic mass is 19.4. The van der Waals surface area contributed by atoms with Crippen molar-refractivity contribution in [2.45, 2.75) is 19.1 Å². The fourth-order valence-corrected chi connectivity index (χ4v) is 1.32. The molecule has 0 aliphatic heterocycles. The third kappa shape index (κ3) is 3.35. The van der Waals surface area contributed by atoms with Crippen molar-refractivity contribution in [3.63, 3.8) is 0 Å². The van der Waals surface area contributed by atoms with Crippen LogP contribution >= 0.6 is 0 Å². The van der Waals surface area contributed by atoms with Gasteiger partial charge in [-0.25, -0.2) is 4.39 Å². The summed E-state index contributed by atoms with van der Waals surface area (Å²) in [5, 5.41) is 4.82. The van der Waals surface area contributed by atoms with E-state index in [1.807, 2.05) is 0 Å². The minimum Gasteiger partial charge on any atom is -0.372 e. The molecule has 100 valence electrons. The molecule has 1 amide bonds. The summed E-state index contributed by atoms with van der Waals surface area (Å²) in [7, 11) is 1.41. The molecule has 18 heavy (non-hydrogen) atoms. The van der Waals surface area contributed by atoms with Crippen molar-refractivity contribution < 1.29 is 22.4 Å². The molecule has 0 spiro atoms. The summed E-state index contributed by atoms with van der Waals surface area (Å²) in [6.45, 7) is 1.47. The molecule has 0 aromatic heterocycles. The number of benzene rings is 1. The molecule has 1 atom stereocenters. The lowest BCUT2D eigenvalue weighted by Gasteiger charge is -2.15. The lowest BCUT2D eigenvalue weighted by Crippen LogP contribution is -2.35. The number of hydrogen-bond donors (Lipinski definition) is 2. The van der Waals surface area contributed by atoms with E-state index in [1.54, 1.807) is 0 Å². The van der Waals surface area contributed by atoms with Gasteiger partial charge in [0.05, 0.1) is 11.3 Å². The van der Waals surface area contributed by atoms with Crippen LogP contribution in [0.3, 0.4) is 0 Å². The van der Waals surface area contributed by atoms with E-state index in [0.29, 0.717) is 6.07 Å². The number of halogens is 4. The number of hydrogen-bond acceptors (Lipinski definition) is 2. The monoisotopic (exact) mass is 264 g/mol. The second kappa shape index (κ2) is 5.24. The van der Waals surface area contributed by atoms with Gasteiger partial charge in [0.25, 0.3) is 0 Å². The van der Waals surface area contributed by atoms with Crippen LogP contribution in [-0.4, -0.2) is 19.0 Å². The molecule has 0 heterocycles. The molecule has 1 aromatic carbocycles. The van der Waals surface area contributed by atoms with Crippen molar-refractivity contribution in [1.29, 1.82) is 0 Å². The van der Waals surface area contributed by atoms with E-state index in [1.165, 1.54) is 14.0 Å². The fourth-order valence-electron chi connectivity index (χ4n) is 1.32. The SMILES string of the molecule is CNC(=O)C(C)Nc1ccc(C(F)(F)F)cc1F. The first-order chi connectivity index (χ1) is 8.25. The highest BCUT2D eigenvalue weighted by Gasteiger charge is 2.31. The second-order valence-electron chi connectivity index (χ2n) is 3.67. The van der Waals surface area contributed by atoms with Crippen LogP contribution in [0.2, 0.25) is 0 Å². The van der Waals surface area contributed by atoms with Crippen LogP contribution in [-0.2, 0) is 11.0 Å². The number of carbonyl (C=O) groups excluding carboxylic acids is 1. The van der Waals surface area contributed by atoms with Crippen LogP contribution < -0.4 is 10.6 Å². The molecular formula is C11H12F4N2O. The lowest BCUT2D eigenvalue weighted by atomic mass is 10.1. The summed E-state index contributed by atoms with van der Waals surface area (Å²) in [6, 6.07) is 1.35. The van der Waals surface area contributed by atoms with Crippen molar-refractivity contribution in [2.24, 2.45) is 0 Å². The van der Waals surface area contributed by atoms with Gasteiger partial charge in [0, 0.05) is 7.05 Å². The van der Waals surface area contributed by atoms with E-state index < -0.39 is 29.5 Å². The average Bonchev–Trinajstić information content (AvgIpc) is 2.29. The van der Waals surface area contributed by atoms with E-state index in [0.717, 1.165) is 12.1 Å². The van der Waals surface area contributed by atoms with Gasteiger partial charge < -0.3 is 10.6 Å². The Labute approximate surface area is 101 Å². The van der Waals surface area contributed by atoms with Crippen LogP contribution in [0.25, 0.3) is 0 Å². The molecule has 3 nitrogen and oxygen atoms in total. The molecule has 1 rings (SSSR count). The Morgan fingerprint density at radius 2 is 1.94 bits per heavy atom. The first-order valence-electron chi connectivity index (χ1n) is 5.10. The Bertz CT molecular complexity index is 445. The number of alkyl halides is 3. The zero-order valence-electron chi connectivity index (χ0n) is 9.73. The maximum absolute atomic E-state index is 13.4. The van der Waals surface area contributed by atoms with E-state index in [2.05, 4.69) is 10.6 Å². The van der Waals surface area contributed by atoms with E-state index in [-0.39, 0.29) is 5.69 Å². The van der Waals surface area contributed by atoms with E-state index in [4.69, 9.17) is 0 Å². The summed E-state index contributed by atoms with van der Waals surface area (Å²) in [5.74, 6) is -1.45. The minimum absolute atomic E-state index is 0.154. The molecule has 0 radical (unpaired) electrons. The largest absolute Gasteiger partial charge is 0.416 e. The summed E-state index contributed by atoms with van der Waals surface area (Å²) < 4.78 is 50.3. The Hall–Kier alpha value is -1.79. The fraction of sp³-hybridized carbons (Fsp3) is 0.364. The van der Waals surface area contributed by atoms with Gasteiger partial charge in [0.2, 0.25) is 5.91 Å². The van der Waals surface area contributed by atoms with Gasteiger partial charge in [-0.3, -0.25) is 4.79 Å². The van der Waals surface area contributed by atoms with Crippen molar-refractivity contribution >= 4 is 11.6 Å². The molecule has 0 saturated heterocycles. The summed E-state index contributed by atoms with van der Waals surface area (Å²) in [4.78, 5) is 11.2. The van der Waals surface area contributed by atoms with Crippen LogP contribution in [0, 0.1) is 5.82 Å². The quantitative estimate of drug-likeness (QED) is 0.823. The molecule has 0 fully saturated rings. The van der Waals surface area contributed by atoms with Crippen molar-refractivity contribution in [2.75, 3.05) is 12.4 Å². The topological polar surface area (TPSA) is 41.1 Å². The first-order valence-corrected chi connectivity index (χ1v) is 5.10. The van der Waals surface area contributed by atoms with E-state index in [9.17, 15) is 22.4 Å². The Morgan fingerprint density at radius 3 is 2.39 bits per heavy atom. The third-order valence-corrected chi connectivity index (χ3v) is 2.31. The molecule has 0 aliphatic carbocycles. The normalized spacial score (nSPS) is 13.0. The summed E-state index contributed by atoms with van der Waals surface area (Å²) >= 11 is 0. The first kappa shape index (κ1) is 14.3. The number of likely N-dealkylation sites (N-methyl/N-ethyl adjacent to an activating group) is 1. The third-order valence-electron chi connectivity index (χ3n) is 2.31. The predicted molar refractivity (Wildman–Crippen MR) is 58.6 cm³/mol. The summed E-state index contributed by atoms with van der Waals surface area (Å²) in [6.07, 6.45) is -4.59. The van der Waals surface area contributed by atoms with Crippen LogP contribution in [0.1, 0.15) is 12.5 Å². The molecule has 1 aromatic rings. The molecule has 2 N–H and O–H groups in total. The van der Waals surface area contributed by atoms with Gasteiger partial charge in [-0.05, 0) is 25.1 Å². The highest BCUT2D eigenvalue weighted by molar-refractivity contribution is 5.83. The van der Waals surface area contributed by atoms with Crippen molar-refractivity contribution in [1.82, 2.24) is 5.32 Å². The van der Waals surface area contributed by atoms with Gasteiger partial charge in [-0.2, -0.15) is 13.2 Å². The van der Waals surface area contributed by atoms with Gasteiger partial charge in [0.15, 0.2) is 0 Å². The molecule has 0 bridgehead atoms. The number of amides is 1. The molecule has 0 saturated carbocycles. The average molecular weight is 264 g/mol. The van der Waals surface area contributed by atoms with Gasteiger partial charge in [-0.15, -0.1) is 0 Å². The number of rotatable bonds is 3. The predicted octanol–water partition coefficient (Wildman–Crippen LogP) is 2.39. The molecule has 0 aliphatic rings. The smallest absolute Gasteiger partial charge is 0.372 e. The van der Waals surface area contributed by atoms with Gasteiger partial charge in [-0.1, -0.05) is 0 Å². The standard InChI is InChI=1S/C11H12F4N2O/c1-6(10(18)16-2)17-9-4-3-7(5-8(9)12)11(13,14)15/h3-6,17H,1-2H3,(H,16,18). The van der Waals surface area contributed by atoms with E-state index >= 15 is 0 Å². The highest BCUT2D eigenvalue weighted by Crippen LogP contribution is 2.31. The number of carbonyl (C=O) groups is 1. The maximum Gasteiger partial charge on any atom is 0.416 e. The van der Waals surface area contributed by atoms with Crippen LogP contribution in [0.5, 0.6) is 0 Å². The van der Waals surface area contributed by atoms with Gasteiger partial charge in [0.1, 0.15) is 11.9 Å². The van der Waals surface area contributed by atoms with Gasteiger partial charge >= 0.3 is 6.18 Å². The zero-order chi connectivity index (χ0) is 13.9. The summed E-state index contributed by atoms with van der Waals surface area (Å²) in [5.41, 5.74) is -1.22. The number of anilines is 1. The van der Waals surface area contributed by atoms with Crippen molar-refractivity contribution in [3.8, 4) is 0 Å². The second-order valence-corrected chi connectivity index (χ2v) is 3.67. The Kier molecular flexibility index (Phi) is 4.15. The van der Waals surface area contributed by atoms with Crippen LogP contribution in [0.4, 0.5) is 23.2 Å². The van der Waals surface area contributed by atoms with Crippen molar-refractivity contribution in [3.05, 3.63) is 29.6 Å². The zero-order valence-corrected chi connectivity index (χ0v) is 9.73. The molecular weight excluding hydrogens is 252 g/mol. The molecule has 7 heteroatoms. The Balaban J connectivity index is 2.90. The van der Waals surface area contributed by atoms with Crippen LogP contribution in [0.15, 0.2) is 18.2 Å². The lowest BCUT2D eigenvalue weighted by molar-refractivity contribution is -0.137. The molecule has 1 unspecified atom stereocenters. The number of nitrogens with one attached hydrogen (secondary N) is 2.